The monoisotopic (exact) mass is 299 g/mol. The van der Waals surface area contributed by atoms with Crippen molar-refractivity contribution in [1.29, 1.82) is 0 Å². The number of nitrogens with zero attached hydrogens (tertiary/aromatic N) is 1. The Morgan fingerprint density at radius 2 is 2.05 bits per heavy atom. The fourth-order valence-corrected chi connectivity index (χ4v) is 1.72. The first-order valence-electron chi connectivity index (χ1n) is 5.21. The van der Waals surface area contributed by atoms with Crippen LogP contribution in [-0.2, 0) is 21.3 Å². The van der Waals surface area contributed by atoms with E-state index in [1.807, 2.05) is 0 Å². The smallest absolute Gasteiger partial charge is 0.385 e. The van der Waals surface area contributed by atoms with Gasteiger partial charge in [0.2, 0.25) is 0 Å². The Morgan fingerprint density at radius 3 is 2.63 bits per heavy atom. The van der Waals surface area contributed by atoms with E-state index < -0.39 is 21.4 Å². The van der Waals surface area contributed by atoms with Crippen molar-refractivity contribution in [3.8, 4) is 5.75 Å². The Hall–Kier alpha value is -1.35. The lowest BCUT2D eigenvalue weighted by Gasteiger charge is -2.11. The first-order valence-corrected chi connectivity index (χ1v) is 6.62. The Morgan fingerprint density at radius 1 is 1.37 bits per heavy atom. The van der Waals surface area contributed by atoms with Gasteiger partial charge < -0.3 is 8.92 Å². The van der Waals surface area contributed by atoms with Gasteiger partial charge in [0, 0.05) is 19.9 Å². The van der Waals surface area contributed by atoms with E-state index in [2.05, 4.69) is 9.17 Å². The molecule has 19 heavy (non-hydrogen) atoms. The van der Waals surface area contributed by atoms with E-state index in [1.165, 1.54) is 19.4 Å². The van der Waals surface area contributed by atoms with Crippen LogP contribution in [0.15, 0.2) is 18.3 Å². The molecule has 108 valence electrons. The summed E-state index contributed by atoms with van der Waals surface area (Å²) in [4.78, 5) is 3.80. The van der Waals surface area contributed by atoms with Gasteiger partial charge in [-0.1, -0.05) is 0 Å². The summed E-state index contributed by atoms with van der Waals surface area (Å²) < 4.78 is 67.3. The van der Waals surface area contributed by atoms with E-state index in [9.17, 15) is 21.6 Å². The molecule has 0 spiro atoms. The van der Waals surface area contributed by atoms with Crippen LogP contribution in [0.1, 0.15) is 12.1 Å². The highest BCUT2D eigenvalue weighted by Crippen LogP contribution is 2.28. The van der Waals surface area contributed by atoms with Crippen LogP contribution in [0, 0.1) is 0 Å². The van der Waals surface area contributed by atoms with E-state index in [1.54, 1.807) is 0 Å². The molecule has 1 aromatic rings. The highest BCUT2D eigenvalue weighted by molar-refractivity contribution is 7.88. The largest absolute Gasteiger partial charge is 0.534 e. The molecule has 0 fully saturated rings. The van der Waals surface area contributed by atoms with Crippen LogP contribution < -0.4 is 4.18 Å². The minimum atomic E-state index is -5.68. The van der Waals surface area contributed by atoms with Crippen molar-refractivity contribution in [2.24, 2.45) is 0 Å². The maximum absolute atomic E-state index is 12.2. The van der Waals surface area contributed by atoms with Crippen molar-refractivity contribution in [1.82, 2.24) is 4.98 Å². The molecule has 0 bridgehead atoms. The van der Waals surface area contributed by atoms with Gasteiger partial charge in [-0.25, -0.2) is 0 Å². The molecule has 0 aromatic carbocycles. The lowest BCUT2D eigenvalue weighted by molar-refractivity contribution is -0.0500. The number of aromatic nitrogens is 1. The summed E-state index contributed by atoms with van der Waals surface area (Å²) in [5.41, 5.74) is -5.33. The number of hydrogen-bond acceptors (Lipinski definition) is 5. The molecule has 1 aromatic heterocycles. The number of halogens is 3. The van der Waals surface area contributed by atoms with Gasteiger partial charge in [0.15, 0.2) is 5.75 Å². The van der Waals surface area contributed by atoms with Crippen LogP contribution in [0.2, 0.25) is 0 Å². The van der Waals surface area contributed by atoms with Gasteiger partial charge >= 0.3 is 15.6 Å². The maximum Gasteiger partial charge on any atom is 0.534 e. The second-order valence-electron chi connectivity index (χ2n) is 3.53. The summed E-state index contributed by atoms with van der Waals surface area (Å²) in [6, 6.07) is 2.42. The molecular weight excluding hydrogens is 287 g/mol. The molecule has 0 aliphatic rings. The van der Waals surface area contributed by atoms with E-state index >= 15 is 0 Å². The molecule has 0 atom stereocenters. The zero-order valence-corrected chi connectivity index (χ0v) is 10.8. The predicted octanol–water partition coefficient (Wildman–Crippen LogP) is 1.89. The molecule has 0 radical (unpaired) electrons. The number of aryl methyl sites for hydroxylation is 1. The number of ether oxygens (including phenoxy) is 1. The molecule has 0 aliphatic carbocycles. The Bertz CT molecular complexity index is 516. The number of methoxy groups -OCH3 is 1. The molecule has 1 rings (SSSR count). The summed E-state index contributed by atoms with van der Waals surface area (Å²) in [7, 11) is -4.20. The zero-order chi connectivity index (χ0) is 14.5. The summed E-state index contributed by atoms with van der Waals surface area (Å²) in [5, 5.41) is 0. The second kappa shape index (κ2) is 6.20. The number of hydrogen-bond donors (Lipinski definition) is 0. The Kier molecular flexibility index (Phi) is 5.12. The minimum absolute atomic E-state index is 0.132. The van der Waals surface area contributed by atoms with Crippen LogP contribution in [0.3, 0.4) is 0 Å². The topological polar surface area (TPSA) is 65.5 Å². The average molecular weight is 299 g/mol. The van der Waals surface area contributed by atoms with Gasteiger partial charge in [0.05, 0.1) is 5.69 Å². The summed E-state index contributed by atoms with van der Waals surface area (Å²) in [5.74, 6) is -0.420. The highest BCUT2D eigenvalue weighted by atomic mass is 32.2. The third kappa shape index (κ3) is 4.35. The molecular formula is C10H12F3NO4S. The number of alkyl halides is 3. The SMILES string of the molecule is COCCCc1ncccc1OS(=O)(=O)C(F)(F)F. The van der Waals surface area contributed by atoms with Gasteiger partial charge in [0.1, 0.15) is 0 Å². The van der Waals surface area contributed by atoms with Gasteiger partial charge in [-0.3, -0.25) is 4.98 Å². The van der Waals surface area contributed by atoms with E-state index in [0.29, 0.717) is 13.0 Å². The summed E-state index contributed by atoms with van der Waals surface area (Å²) >= 11 is 0. The standard InChI is InChI=1S/C10H12F3NO4S/c1-17-7-3-4-8-9(5-2-6-14-8)18-19(15,16)10(11,12)13/h2,5-6H,3-4,7H2,1H3. The molecule has 9 heteroatoms. The highest BCUT2D eigenvalue weighted by Gasteiger charge is 2.48. The number of rotatable bonds is 6. The van der Waals surface area contributed by atoms with Crippen molar-refractivity contribution in [2.75, 3.05) is 13.7 Å². The average Bonchev–Trinajstić information content (AvgIpc) is 2.30. The van der Waals surface area contributed by atoms with Crippen molar-refractivity contribution in [3.63, 3.8) is 0 Å². The van der Waals surface area contributed by atoms with Crippen molar-refractivity contribution >= 4 is 10.1 Å². The van der Waals surface area contributed by atoms with Crippen molar-refractivity contribution in [3.05, 3.63) is 24.0 Å². The fourth-order valence-electron chi connectivity index (χ4n) is 1.24. The molecule has 1 heterocycles. The molecule has 0 N–H and O–H groups in total. The Labute approximate surface area is 108 Å². The first kappa shape index (κ1) is 15.7. The maximum atomic E-state index is 12.2. The second-order valence-corrected chi connectivity index (χ2v) is 5.07. The summed E-state index contributed by atoms with van der Waals surface area (Å²) in [6.07, 6.45) is 2.07. The third-order valence-corrected chi connectivity index (χ3v) is 3.06. The molecule has 0 unspecified atom stereocenters. The predicted molar refractivity (Wildman–Crippen MR) is 60.0 cm³/mol. The van der Waals surface area contributed by atoms with E-state index in [0.717, 1.165) is 6.07 Å². The van der Waals surface area contributed by atoms with Crippen molar-refractivity contribution in [2.45, 2.75) is 18.3 Å². The van der Waals surface area contributed by atoms with Gasteiger partial charge in [-0.15, -0.1) is 0 Å². The first-order chi connectivity index (χ1) is 8.78. The minimum Gasteiger partial charge on any atom is -0.385 e. The fraction of sp³-hybridized carbons (Fsp3) is 0.500. The lowest BCUT2D eigenvalue weighted by atomic mass is 10.2. The van der Waals surface area contributed by atoms with Gasteiger partial charge in [-0.2, -0.15) is 21.6 Å². The molecule has 0 amide bonds. The van der Waals surface area contributed by atoms with Crippen LogP contribution in [0.4, 0.5) is 13.2 Å². The van der Waals surface area contributed by atoms with Crippen LogP contribution in [0.25, 0.3) is 0 Å². The van der Waals surface area contributed by atoms with Crippen LogP contribution in [0.5, 0.6) is 5.75 Å². The Balaban J connectivity index is 2.90. The van der Waals surface area contributed by atoms with Crippen molar-refractivity contribution < 1.29 is 30.5 Å². The van der Waals surface area contributed by atoms with Gasteiger partial charge in [-0.05, 0) is 25.0 Å². The molecule has 0 saturated carbocycles. The van der Waals surface area contributed by atoms with Gasteiger partial charge in [0.25, 0.3) is 0 Å². The number of pyridine rings is 1. The van der Waals surface area contributed by atoms with E-state index in [-0.39, 0.29) is 12.1 Å². The van der Waals surface area contributed by atoms with Crippen LogP contribution >= 0.6 is 0 Å². The zero-order valence-electron chi connectivity index (χ0n) is 9.98. The third-order valence-electron chi connectivity index (χ3n) is 2.09. The summed E-state index contributed by atoms with van der Waals surface area (Å²) in [6.45, 7) is 0.377. The van der Waals surface area contributed by atoms with E-state index in [4.69, 9.17) is 4.74 Å². The normalized spacial score (nSPS) is 12.4. The van der Waals surface area contributed by atoms with Crippen LogP contribution in [-0.4, -0.2) is 32.6 Å². The molecule has 5 nitrogen and oxygen atoms in total. The quantitative estimate of drug-likeness (QED) is 0.456. The molecule has 0 aliphatic heterocycles. The lowest BCUT2D eigenvalue weighted by Crippen LogP contribution is -2.28. The molecule has 0 saturated heterocycles.